The van der Waals surface area contributed by atoms with Crippen molar-refractivity contribution in [1.82, 2.24) is 14.8 Å². The summed E-state index contributed by atoms with van der Waals surface area (Å²) in [4.78, 5) is 13.7. The molecule has 4 nitrogen and oxygen atoms in total. The van der Waals surface area contributed by atoms with E-state index in [1.807, 2.05) is 29.0 Å². The van der Waals surface area contributed by atoms with E-state index in [4.69, 9.17) is 11.6 Å². The first kappa shape index (κ1) is 17.2. The van der Waals surface area contributed by atoms with Gasteiger partial charge in [0.15, 0.2) is 16.8 Å². The number of ketones is 1. The monoisotopic (exact) mass is 377 g/mol. The summed E-state index contributed by atoms with van der Waals surface area (Å²) in [7, 11) is 0. The van der Waals surface area contributed by atoms with Gasteiger partial charge in [0.25, 0.3) is 0 Å². The minimum Gasteiger partial charge on any atom is -0.302 e. The Balaban J connectivity index is 1.80. The van der Waals surface area contributed by atoms with Crippen LogP contribution in [0.3, 0.4) is 0 Å². The summed E-state index contributed by atoms with van der Waals surface area (Å²) in [6.07, 6.45) is 0. The fourth-order valence-corrected chi connectivity index (χ4v) is 4.14. The van der Waals surface area contributed by atoms with Crippen LogP contribution in [0.4, 0.5) is 0 Å². The molecule has 3 aromatic rings. The third-order valence-electron chi connectivity index (χ3n) is 3.55. The number of thiophene rings is 1. The predicted molar refractivity (Wildman–Crippen MR) is 100 cm³/mol. The lowest BCUT2D eigenvalue weighted by Crippen LogP contribution is -2.14. The molecule has 0 spiro atoms. The Labute approximate surface area is 153 Å². The number of thioether (sulfide) groups is 1. The zero-order chi connectivity index (χ0) is 17.1. The molecule has 1 aromatic carbocycles. The van der Waals surface area contributed by atoms with Crippen molar-refractivity contribution < 1.29 is 4.79 Å². The normalized spacial score (nSPS) is 12.3. The number of aromatic nitrogens is 3. The highest BCUT2D eigenvalue weighted by molar-refractivity contribution is 8.00. The number of hydrogen-bond donors (Lipinski definition) is 0. The standard InChI is InChI=1S/C17H16ClN3OS2/c1-3-21-16(14-5-4-10-23-14)19-20-17(21)24-11(2)15(22)12-6-8-13(18)9-7-12/h4-11H,3H2,1-2H3. The van der Waals surface area contributed by atoms with E-state index in [9.17, 15) is 4.79 Å². The van der Waals surface area contributed by atoms with E-state index in [1.54, 1.807) is 35.6 Å². The van der Waals surface area contributed by atoms with E-state index in [0.717, 1.165) is 22.4 Å². The van der Waals surface area contributed by atoms with Gasteiger partial charge in [-0.1, -0.05) is 29.4 Å². The zero-order valence-electron chi connectivity index (χ0n) is 13.3. The summed E-state index contributed by atoms with van der Waals surface area (Å²) in [5.41, 5.74) is 0.653. The maximum Gasteiger partial charge on any atom is 0.192 e. The van der Waals surface area contributed by atoms with Crippen LogP contribution in [0.15, 0.2) is 46.9 Å². The van der Waals surface area contributed by atoms with Crippen molar-refractivity contribution in [3.05, 3.63) is 52.4 Å². The van der Waals surface area contributed by atoms with Crippen LogP contribution in [-0.4, -0.2) is 25.8 Å². The topological polar surface area (TPSA) is 47.8 Å². The first-order valence-corrected chi connectivity index (χ1v) is 9.67. The van der Waals surface area contributed by atoms with Gasteiger partial charge in [-0.2, -0.15) is 0 Å². The molecule has 0 aliphatic rings. The highest BCUT2D eigenvalue weighted by Crippen LogP contribution is 2.30. The molecule has 1 unspecified atom stereocenters. The molecule has 2 heterocycles. The van der Waals surface area contributed by atoms with E-state index in [-0.39, 0.29) is 11.0 Å². The Kier molecular flexibility index (Phi) is 5.38. The Morgan fingerprint density at radius 2 is 2.04 bits per heavy atom. The molecule has 0 bridgehead atoms. The number of halogens is 1. The van der Waals surface area contributed by atoms with E-state index in [0.29, 0.717) is 10.6 Å². The molecule has 124 valence electrons. The summed E-state index contributed by atoms with van der Waals surface area (Å²) < 4.78 is 2.04. The maximum atomic E-state index is 12.6. The smallest absolute Gasteiger partial charge is 0.192 e. The molecular weight excluding hydrogens is 362 g/mol. The summed E-state index contributed by atoms with van der Waals surface area (Å²) in [6.45, 7) is 4.70. The molecule has 3 rings (SSSR count). The zero-order valence-corrected chi connectivity index (χ0v) is 15.7. The minimum atomic E-state index is -0.253. The average molecular weight is 378 g/mol. The predicted octanol–water partition coefficient (Wildman–Crippen LogP) is 5.04. The van der Waals surface area contributed by atoms with Crippen molar-refractivity contribution in [1.29, 1.82) is 0 Å². The summed E-state index contributed by atoms with van der Waals surface area (Å²) in [5.74, 6) is 0.904. The number of nitrogens with zero attached hydrogens (tertiary/aromatic N) is 3. The quantitative estimate of drug-likeness (QED) is 0.445. The second kappa shape index (κ2) is 7.51. The van der Waals surface area contributed by atoms with Crippen LogP contribution in [0.5, 0.6) is 0 Å². The van der Waals surface area contributed by atoms with Gasteiger partial charge in [0.2, 0.25) is 0 Å². The molecule has 0 saturated heterocycles. The third-order valence-corrected chi connectivity index (χ3v) is 5.75. The first-order valence-electron chi connectivity index (χ1n) is 7.53. The number of carbonyl (C=O) groups excluding carboxylic acids is 1. The molecule has 0 N–H and O–H groups in total. The number of carbonyl (C=O) groups is 1. The van der Waals surface area contributed by atoms with Crippen LogP contribution in [0.2, 0.25) is 5.02 Å². The minimum absolute atomic E-state index is 0.0555. The lowest BCUT2D eigenvalue weighted by atomic mass is 10.1. The number of benzene rings is 1. The van der Waals surface area contributed by atoms with Crippen molar-refractivity contribution in [3.63, 3.8) is 0 Å². The summed E-state index contributed by atoms with van der Waals surface area (Å²) in [6, 6.07) is 11.0. The Hall–Kier alpha value is -1.63. The second-order valence-electron chi connectivity index (χ2n) is 5.16. The van der Waals surface area contributed by atoms with Crippen LogP contribution >= 0.6 is 34.7 Å². The lowest BCUT2D eigenvalue weighted by molar-refractivity contribution is 0.0994. The van der Waals surface area contributed by atoms with Crippen LogP contribution in [0, 0.1) is 0 Å². The van der Waals surface area contributed by atoms with Gasteiger partial charge in [0.1, 0.15) is 0 Å². The molecule has 0 amide bonds. The summed E-state index contributed by atoms with van der Waals surface area (Å²) in [5, 5.41) is 11.7. The van der Waals surface area contributed by atoms with Crippen LogP contribution < -0.4 is 0 Å². The Morgan fingerprint density at radius 1 is 1.29 bits per heavy atom. The van der Waals surface area contributed by atoms with Gasteiger partial charge in [-0.25, -0.2) is 0 Å². The van der Waals surface area contributed by atoms with E-state index in [1.165, 1.54) is 11.8 Å². The molecular formula is C17H16ClN3OS2. The van der Waals surface area contributed by atoms with Gasteiger partial charge < -0.3 is 4.57 Å². The molecule has 0 fully saturated rings. The first-order chi connectivity index (χ1) is 11.6. The SMILES string of the molecule is CCn1c(SC(C)C(=O)c2ccc(Cl)cc2)nnc1-c1cccs1. The van der Waals surface area contributed by atoms with Crippen molar-refractivity contribution in [2.24, 2.45) is 0 Å². The van der Waals surface area contributed by atoms with Gasteiger partial charge in [0, 0.05) is 17.1 Å². The van der Waals surface area contributed by atoms with E-state index in [2.05, 4.69) is 17.1 Å². The van der Waals surface area contributed by atoms with E-state index >= 15 is 0 Å². The molecule has 0 aliphatic heterocycles. The van der Waals surface area contributed by atoms with E-state index < -0.39 is 0 Å². The maximum absolute atomic E-state index is 12.6. The Bertz CT molecular complexity index is 828. The van der Waals surface area contributed by atoms with Gasteiger partial charge >= 0.3 is 0 Å². The number of hydrogen-bond acceptors (Lipinski definition) is 5. The summed E-state index contributed by atoms with van der Waals surface area (Å²) >= 11 is 8.94. The third kappa shape index (κ3) is 3.55. The average Bonchev–Trinajstić information content (AvgIpc) is 3.23. The van der Waals surface area contributed by atoms with Crippen molar-refractivity contribution in [2.75, 3.05) is 0 Å². The number of Topliss-reactive ketones (excluding diaryl/α,β-unsaturated/α-hetero) is 1. The van der Waals surface area contributed by atoms with Gasteiger partial charge in [-0.3, -0.25) is 4.79 Å². The molecule has 24 heavy (non-hydrogen) atoms. The number of rotatable bonds is 6. The molecule has 0 aliphatic carbocycles. The van der Waals surface area contributed by atoms with Crippen molar-refractivity contribution >= 4 is 40.5 Å². The highest BCUT2D eigenvalue weighted by Gasteiger charge is 2.21. The highest BCUT2D eigenvalue weighted by atomic mass is 35.5. The molecule has 0 radical (unpaired) electrons. The van der Waals surface area contributed by atoms with Crippen LogP contribution in [0.25, 0.3) is 10.7 Å². The second-order valence-corrected chi connectivity index (χ2v) is 7.85. The largest absolute Gasteiger partial charge is 0.302 e. The molecule has 7 heteroatoms. The van der Waals surface area contributed by atoms with Gasteiger partial charge in [0.05, 0.1) is 10.1 Å². The van der Waals surface area contributed by atoms with Gasteiger partial charge in [-0.15, -0.1) is 21.5 Å². The lowest BCUT2D eigenvalue weighted by Gasteiger charge is -2.11. The fourth-order valence-electron chi connectivity index (χ4n) is 2.31. The van der Waals surface area contributed by atoms with Crippen LogP contribution in [0.1, 0.15) is 24.2 Å². The molecule has 0 saturated carbocycles. The van der Waals surface area contributed by atoms with Gasteiger partial charge in [-0.05, 0) is 49.6 Å². The molecule has 1 atom stereocenters. The van der Waals surface area contributed by atoms with Crippen molar-refractivity contribution in [2.45, 2.75) is 30.8 Å². The molecule has 2 aromatic heterocycles. The van der Waals surface area contributed by atoms with Crippen LogP contribution in [-0.2, 0) is 6.54 Å². The fraction of sp³-hybridized carbons (Fsp3) is 0.235. The van der Waals surface area contributed by atoms with Crippen molar-refractivity contribution in [3.8, 4) is 10.7 Å². The Morgan fingerprint density at radius 3 is 2.67 bits per heavy atom.